The Morgan fingerprint density at radius 2 is 1.06 bits per heavy atom. The van der Waals surface area contributed by atoms with Gasteiger partial charge in [0.1, 0.15) is 6.07 Å². The summed E-state index contributed by atoms with van der Waals surface area (Å²) < 4.78 is 124. The molecule has 0 atom stereocenters. The molecule has 0 saturated carbocycles. The number of rotatable bonds is 10. The third kappa shape index (κ3) is 7.39. The fourth-order valence-corrected chi connectivity index (χ4v) is 7.16. The normalized spacial score (nSPS) is 10.9. The van der Waals surface area contributed by atoms with E-state index in [0.29, 0.717) is 10.5 Å². The van der Waals surface area contributed by atoms with Crippen LogP contribution in [-0.4, -0.2) is 6.61 Å². The Labute approximate surface area is 288 Å². The lowest BCUT2D eigenvalue weighted by molar-refractivity contribution is 0.278. The van der Waals surface area contributed by atoms with Crippen LogP contribution < -0.4 is 4.74 Å². The highest BCUT2D eigenvalue weighted by atomic mass is 32.2. The third-order valence-electron chi connectivity index (χ3n) is 6.87. The van der Waals surface area contributed by atoms with E-state index in [9.17, 15) is 22.8 Å². The second-order valence-corrected chi connectivity index (χ2v) is 13.4. The van der Waals surface area contributed by atoms with Gasteiger partial charge in [-0.05, 0) is 67.1 Å². The molecule has 248 valence electrons. The van der Waals surface area contributed by atoms with Crippen LogP contribution in [0.2, 0.25) is 0 Å². The Morgan fingerprint density at radius 1 is 0.612 bits per heavy atom. The molecule has 2 nitrogen and oxygen atoms in total. The fraction of sp³-hybridized carbons (Fsp3) is 0.0833. The summed E-state index contributed by atoms with van der Waals surface area (Å²) in [5.74, 6) is -17.1. The molecule has 0 unspecified atom stereocenters. The monoisotopic (exact) mass is 729 g/mol. The molecule has 0 aliphatic rings. The van der Waals surface area contributed by atoms with Crippen LogP contribution in [0.15, 0.2) is 96.1 Å². The fourth-order valence-electron chi connectivity index (χ4n) is 4.49. The van der Waals surface area contributed by atoms with Gasteiger partial charge < -0.3 is 4.74 Å². The van der Waals surface area contributed by atoms with Gasteiger partial charge in [0, 0.05) is 30.9 Å². The van der Waals surface area contributed by atoms with E-state index in [1.807, 2.05) is 49.4 Å². The number of hydrogen-bond donors (Lipinski definition) is 0. The van der Waals surface area contributed by atoms with E-state index in [2.05, 4.69) is 16.7 Å². The van der Waals surface area contributed by atoms with Crippen molar-refractivity contribution in [3.8, 4) is 35.3 Å². The Kier molecular flexibility index (Phi) is 11.2. The number of benzene rings is 5. The van der Waals surface area contributed by atoms with Crippen molar-refractivity contribution in [2.24, 2.45) is 0 Å². The number of aryl methyl sites for hydroxylation is 1. The molecule has 5 aromatic rings. The summed E-state index contributed by atoms with van der Waals surface area (Å²) in [6.07, 6.45) is 4.79. The van der Waals surface area contributed by atoms with E-state index in [0.717, 1.165) is 20.2 Å². The molecule has 5 rings (SSSR count). The second-order valence-electron chi connectivity index (χ2n) is 10.0. The number of ether oxygens (including phenoxy) is 1. The van der Waals surface area contributed by atoms with Gasteiger partial charge in [0.25, 0.3) is 0 Å². The van der Waals surface area contributed by atoms with Crippen LogP contribution >= 0.6 is 35.3 Å². The molecule has 0 fully saturated rings. The van der Waals surface area contributed by atoms with E-state index < -0.39 is 74.9 Å². The van der Waals surface area contributed by atoms with Crippen LogP contribution in [-0.2, 0) is 0 Å². The number of nitrogens with zero attached hydrogens (tertiary/aromatic N) is 1. The summed E-state index contributed by atoms with van der Waals surface area (Å²) in [5, 5.41) is 9.47. The summed E-state index contributed by atoms with van der Waals surface area (Å²) in [5.41, 5.74) is -2.48. The topological polar surface area (TPSA) is 33.0 Å². The SMILES string of the molecule is C#CCCOc1c(F)c(F)c(-c2c(F)c(F)c(Sc3ccc(Sc4ccc(Sc5cccc(C)c5C#N)cc4)cc3)c(F)c2F)c(F)c1F. The number of hydrogen-bond acceptors (Lipinski definition) is 5. The van der Waals surface area contributed by atoms with Crippen molar-refractivity contribution in [2.45, 2.75) is 42.7 Å². The van der Waals surface area contributed by atoms with Gasteiger partial charge in [0.15, 0.2) is 40.7 Å². The highest BCUT2D eigenvalue weighted by Crippen LogP contribution is 2.43. The molecule has 0 bridgehead atoms. The van der Waals surface area contributed by atoms with Crippen molar-refractivity contribution in [3.63, 3.8) is 0 Å². The highest BCUT2D eigenvalue weighted by molar-refractivity contribution is 8.00. The molecule has 0 aliphatic heterocycles. The molecular weight excluding hydrogens is 711 g/mol. The van der Waals surface area contributed by atoms with Gasteiger partial charge in [0.2, 0.25) is 11.6 Å². The minimum Gasteiger partial charge on any atom is -0.486 e. The molecule has 5 aromatic carbocycles. The summed E-state index contributed by atoms with van der Waals surface area (Å²) in [6, 6.07) is 21.4. The lowest BCUT2D eigenvalue weighted by atomic mass is 10.0. The lowest BCUT2D eigenvalue weighted by Gasteiger charge is -2.16. The lowest BCUT2D eigenvalue weighted by Crippen LogP contribution is -2.10. The van der Waals surface area contributed by atoms with E-state index in [1.54, 1.807) is 12.1 Å². The number of terminal acetylenes is 1. The molecule has 0 saturated heterocycles. The average Bonchev–Trinajstić information content (AvgIpc) is 3.09. The average molecular weight is 730 g/mol. The van der Waals surface area contributed by atoms with E-state index in [-0.39, 0.29) is 23.1 Å². The third-order valence-corrected chi connectivity index (χ3v) is 10.0. The van der Waals surface area contributed by atoms with Crippen molar-refractivity contribution in [2.75, 3.05) is 6.61 Å². The van der Waals surface area contributed by atoms with Gasteiger partial charge in [0.05, 0.1) is 28.2 Å². The predicted molar refractivity (Wildman–Crippen MR) is 172 cm³/mol. The molecular formula is C36H19F8NOS3. The minimum atomic E-state index is -2.33. The number of nitriles is 1. The molecule has 0 amide bonds. The predicted octanol–water partition coefficient (Wildman–Crippen LogP) is 11.5. The standard InChI is InChI=1S/C36H19F8NOS3/c1-3-4-16-46-35-31(41)27(37)25(28(38)32(35)42)26-29(39)33(43)36(34(44)30(26)40)49-22-14-10-20(11-15-22)47-19-8-12-21(13-9-19)48-24-7-5-6-18(2)23(24)17-45/h1,5-15H,4,16H2,2H3. The highest BCUT2D eigenvalue weighted by Gasteiger charge is 2.35. The Balaban J connectivity index is 1.35. The quantitative estimate of drug-likeness (QED) is 0.0619. The van der Waals surface area contributed by atoms with Crippen molar-refractivity contribution >= 4 is 35.3 Å². The maximum Gasteiger partial charge on any atom is 0.204 e. The van der Waals surface area contributed by atoms with E-state index in [1.165, 1.54) is 35.7 Å². The summed E-state index contributed by atoms with van der Waals surface area (Å²) in [6.45, 7) is 1.32. The van der Waals surface area contributed by atoms with Crippen LogP contribution in [0.3, 0.4) is 0 Å². The number of halogens is 8. The van der Waals surface area contributed by atoms with Gasteiger partial charge in [-0.15, -0.1) is 12.3 Å². The molecule has 0 heterocycles. The Bertz CT molecular complexity index is 2090. The van der Waals surface area contributed by atoms with E-state index >= 15 is 17.6 Å². The first kappa shape index (κ1) is 35.7. The van der Waals surface area contributed by atoms with Gasteiger partial charge >= 0.3 is 0 Å². The summed E-state index contributed by atoms with van der Waals surface area (Å²) in [4.78, 5) is 2.27. The Hall–Kier alpha value is -4.56. The summed E-state index contributed by atoms with van der Waals surface area (Å²) >= 11 is 3.10. The van der Waals surface area contributed by atoms with Gasteiger partial charge in [-0.3, -0.25) is 0 Å². The van der Waals surface area contributed by atoms with Gasteiger partial charge in [-0.25, -0.2) is 26.3 Å². The van der Waals surface area contributed by atoms with Crippen LogP contribution in [0, 0.1) is 77.1 Å². The second kappa shape index (κ2) is 15.3. The van der Waals surface area contributed by atoms with Crippen molar-refractivity contribution in [1.82, 2.24) is 0 Å². The Morgan fingerprint density at radius 3 is 1.53 bits per heavy atom. The first-order chi connectivity index (χ1) is 23.5. The van der Waals surface area contributed by atoms with Crippen LogP contribution in [0.5, 0.6) is 5.75 Å². The zero-order valence-corrected chi connectivity index (χ0v) is 27.4. The molecule has 49 heavy (non-hydrogen) atoms. The summed E-state index contributed by atoms with van der Waals surface area (Å²) in [7, 11) is 0. The van der Waals surface area contributed by atoms with Crippen LogP contribution in [0.4, 0.5) is 35.1 Å². The van der Waals surface area contributed by atoms with Crippen molar-refractivity contribution < 1.29 is 39.9 Å². The first-order valence-corrected chi connectivity index (χ1v) is 16.4. The molecule has 0 aliphatic carbocycles. The molecule has 0 radical (unpaired) electrons. The molecule has 0 spiro atoms. The van der Waals surface area contributed by atoms with Crippen LogP contribution in [0.25, 0.3) is 11.1 Å². The maximum absolute atomic E-state index is 15.1. The molecule has 13 heteroatoms. The molecule has 0 aromatic heterocycles. The minimum absolute atomic E-state index is 0.148. The smallest absolute Gasteiger partial charge is 0.204 e. The zero-order chi connectivity index (χ0) is 35.4. The van der Waals surface area contributed by atoms with E-state index in [4.69, 9.17) is 6.42 Å². The maximum atomic E-state index is 15.1. The van der Waals surface area contributed by atoms with Gasteiger partial charge in [-0.1, -0.05) is 47.4 Å². The van der Waals surface area contributed by atoms with Crippen molar-refractivity contribution in [1.29, 1.82) is 5.26 Å². The van der Waals surface area contributed by atoms with Crippen molar-refractivity contribution in [3.05, 3.63) is 124 Å². The van der Waals surface area contributed by atoms with Crippen LogP contribution in [0.1, 0.15) is 17.5 Å². The van der Waals surface area contributed by atoms with Gasteiger partial charge in [-0.2, -0.15) is 14.0 Å². The largest absolute Gasteiger partial charge is 0.486 e. The first-order valence-electron chi connectivity index (χ1n) is 14.0. The molecule has 0 N–H and O–H groups in total. The zero-order valence-electron chi connectivity index (χ0n) is 24.9.